The second-order valence-corrected chi connectivity index (χ2v) is 4.15. The lowest BCUT2D eigenvalue weighted by Gasteiger charge is -2.02. The third kappa shape index (κ3) is 2.43. The minimum Gasteiger partial charge on any atom is -0.477 e. The van der Waals surface area contributed by atoms with Gasteiger partial charge in [0.1, 0.15) is 10.6 Å². The lowest BCUT2D eigenvalue weighted by Crippen LogP contribution is -2.18. The summed E-state index contributed by atoms with van der Waals surface area (Å²) in [6, 6.07) is 3.90. The van der Waals surface area contributed by atoms with Gasteiger partial charge in [-0.2, -0.15) is 5.10 Å². The molecule has 2 aromatic rings. The molecule has 2 heterocycles. The lowest BCUT2D eigenvalue weighted by molar-refractivity contribution is 0.0703. The Bertz CT molecular complexity index is 641. The van der Waals surface area contributed by atoms with Gasteiger partial charge in [0.2, 0.25) is 0 Å². The standard InChI is InChI=1S/C10H7N3O4S/c14-7-2-1-6(12-13-7)9(15)11-5-3-4-18-8(5)10(16)17/h1-4H,(H,11,15)(H,13,14)(H,16,17). The van der Waals surface area contributed by atoms with E-state index in [-0.39, 0.29) is 16.3 Å². The van der Waals surface area contributed by atoms with Crippen LogP contribution in [0.1, 0.15) is 20.2 Å². The Morgan fingerprint density at radius 1 is 1.33 bits per heavy atom. The molecule has 0 saturated carbocycles. The zero-order valence-electron chi connectivity index (χ0n) is 8.84. The summed E-state index contributed by atoms with van der Waals surface area (Å²) in [6.45, 7) is 0. The van der Waals surface area contributed by atoms with E-state index in [0.29, 0.717) is 0 Å². The van der Waals surface area contributed by atoms with Crippen molar-refractivity contribution >= 4 is 28.9 Å². The molecule has 8 heteroatoms. The Kier molecular flexibility index (Phi) is 3.20. The number of rotatable bonds is 3. The van der Waals surface area contributed by atoms with Gasteiger partial charge in [0.25, 0.3) is 11.5 Å². The first kappa shape index (κ1) is 12.0. The molecule has 1 amide bonds. The molecule has 0 aliphatic rings. The summed E-state index contributed by atoms with van der Waals surface area (Å²) >= 11 is 1.00. The molecule has 92 valence electrons. The highest BCUT2D eigenvalue weighted by Crippen LogP contribution is 2.22. The highest BCUT2D eigenvalue weighted by molar-refractivity contribution is 7.12. The number of aromatic carboxylic acids is 1. The summed E-state index contributed by atoms with van der Waals surface area (Å²) in [6.07, 6.45) is 0. The van der Waals surface area contributed by atoms with Crippen molar-refractivity contribution in [2.75, 3.05) is 5.32 Å². The maximum absolute atomic E-state index is 11.7. The van der Waals surface area contributed by atoms with Crippen LogP contribution < -0.4 is 10.9 Å². The van der Waals surface area contributed by atoms with Crippen molar-refractivity contribution in [1.82, 2.24) is 10.2 Å². The Labute approximate surface area is 104 Å². The lowest BCUT2D eigenvalue weighted by atomic mass is 10.3. The molecule has 0 spiro atoms. The Morgan fingerprint density at radius 2 is 2.11 bits per heavy atom. The first-order chi connectivity index (χ1) is 8.58. The van der Waals surface area contributed by atoms with Crippen LogP contribution >= 0.6 is 11.3 Å². The van der Waals surface area contributed by atoms with Crippen molar-refractivity contribution in [3.63, 3.8) is 0 Å². The van der Waals surface area contributed by atoms with Crippen molar-refractivity contribution in [1.29, 1.82) is 0 Å². The molecule has 0 radical (unpaired) electrons. The molecular weight excluding hydrogens is 258 g/mol. The molecule has 0 fully saturated rings. The highest BCUT2D eigenvalue weighted by atomic mass is 32.1. The summed E-state index contributed by atoms with van der Waals surface area (Å²) < 4.78 is 0. The number of aromatic amines is 1. The summed E-state index contributed by atoms with van der Waals surface area (Å²) in [5, 5.41) is 18.5. The van der Waals surface area contributed by atoms with E-state index in [4.69, 9.17) is 5.11 Å². The van der Waals surface area contributed by atoms with E-state index >= 15 is 0 Å². The van der Waals surface area contributed by atoms with Crippen LogP contribution in [0.15, 0.2) is 28.4 Å². The second-order valence-electron chi connectivity index (χ2n) is 3.23. The number of anilines is 1. The number of aromatic nitrogens is 2. The van der Waals surface area contributed by atoms with E-state index < -0.39 is 17.4 Å². The van der Waals surface area contributed by atoms with Crippen LogP contribution in [0.25, 0.3) is 0 Å². The molecule has 2 aromatic heterocycles. The average molecular weight is 265 g/mol. The quantitative estimate of drug-likeness (QED) is 0.759. The van der Waals surface area contributed by atoms with Crippen LogP contribution in [0.3, 0.4) is 0 Å². The largest absolute Gasteiger partial charge is 0.477 e. The monoisotopic (exact) mass is 265 g/mol. The van der Waals surface area contributed by atoms with E-state index in [1.807, 2.05) is 0 Å². The third-order valence-corrected chi connectivity index (χ3v) is 2.92. The molecule has 0 saturated heterocycles. The average Bonchev–Trinajstić information content (AvgIpc) is 2.78. The first-order valence-corrected chi connectivity index (χ1v) is 5.64. The van der Waals surface area contributed by atoms with Crippen molar-refractivity contribution < 1.29 is 14.7 Å². The van der Waals surface area contributed by atoms with Crippen LogP contribution in [-0.2, 0) is 0 Å². The zero-order chi connectivity index (χ0) is 13.1. The SMILES string of the molecule is O=C(Nc1ccsc1C(=O)O)c1ccc(=O)[nH]n1. The summed E-state index contributed by atoms with van der Waals surface area (Å²) in [5.41, 5.74) is -0.226. The number of carboxylic acid groups (broad SMARTS) is 1. The number of thiophene rings is 1. The number of H-pyrrole nitrogens is 1. The highest BCUT2D eigenvalue weighted by Gasteiger charge is 2.15. The van der Waals surface area contributed by atoms with Gasteiger partial charge in [-0.3, -0.25) is 9.59 Å². The fraction of sp³-hybridized carbons (Fsp3) is 0. The Balaban J connectivity index is 2.21. The minimum absolute atomic E-state index is 0.00265. The Morgan fingerprint density at radius 3 is 2.72 bits per heavy atom. The van der Waals surface area contributed by atoms with Gasteiger partial charge in [-0.1, -0.05) is 0 Å². The summed E-state index contributed by atoms with van der Waals surface area (Å²) in [5.74, 6) is -1.71. The van der Waals surface area contributed by atoms with Gasteiger partial charge < -0.3 is 10.4 Å². The number of carbonyl (C=O) groups is 2. The predicted molar refractivity (Wildman–Crippen MR) is 64.1 cm³/mol. The maximum atomic E-state index is 11.7. The maximum Gasteiger partial charge on any atom is 0.348 e. The number of hydrogen-bond acceptors (Lipinski definition) is 5. The first-order valence-electron chi connectivity index (χ1n) is 4.76. The number of nitrogens with one attached hydrogen (secondary N) is 2. The topological polar surface area (TPSA) is 112 Å². The van der Waals surface area contributed by atoms with Crippen LogP contribution in [0.4, 0.5) is 5.69 Å². The van der Waals surface area contributed by atoms with Crippen LogP contribution in [0, 0.1) is 0 Å². The van der Waals surface area contributed by atoms with E-state index in [1.165, 1.54) is 12.1 Å². The molecule has 2 rings (SSSR count). The smallest absolute Gasteiger partial charge is 0.348 e. The number of amides is 1. The van der Waals surface area contributed by atoms with E-state index in [2.05, 4.69) is 15.5 Å². The predicted octanol–water partition coefficient (Wildman–Crippen LogP) is 0.782. The van der Waals surface area contributed by atoms with Crippen LogP contribution in [0.2, 0.25) is 0 Å². The van der Waals surface area contributed by atoms with E-state index in [9.17, 15) is 14.4 Å². The molecule has 0 aliphatic heterocycles. The molecule has 18 heavy (non-hydrogen) atoms. The summed E-state index contributed by atoms with van der Waals surface area (Å²) in [7, 11) is 0. The minimum atomic E-state index is -1.12. The van der Waals surface area contributed by atoms with Gasteiger partial charge in [0.15, 0.2) is 0 Å². The number of nitrogens with zero attached hydrogens (tertiary/aromatic N) is 1. The molecule has 0 unspecified atom stereocenters. The van der Waals surface area contributed by atoms with Crippen molar-refractivity contribution in [2.45, 2.75) is 0 Å². The summed E-state index contributed by atoms with van der Waals surface area (Å²) in [4.78, 5) is 33.4. The van der Waals surface area contributed by atoms with Crippen molar-refractivity contribution in [3.05, 3.63) is 44.5 Å². The second kappa shape index (κ2) is 4.80. The van der Waals surface area contributed by atoms with Gasteiger partial charge in [-0.05, 0) is 17.5 Å². The van der Waals surface area contributed by atoms with Gasteiger partial charge in [0, 0.05) is 6.07 Å². The fourth-order valence-electron chi connectivity index (χ4n) is 1.23. The molecular formula is C10H7N3O4S. The van der Waals surface area contributed by atoms with Crippen molar-refractivity contribution in [3.8, 4) is 0 Å². The normalized spacial score (nSPS) is 10.0. The molecule has 0 aromatic carbocycles. The van der Waals surface area contributed by atoms with E-state index in [1.54, 1.807) is 5.38 Å². The van der Waals surface area contributed by atoms with Crippen molar-refractivity contribution in [2.24, 2.45) is 0 Å². The number of carbonyl (C=O) groups excluding carboxylic acids is 1. The van der Waals surface area contributed by atoms with Gasteiger partial charge >= 0.3 is 5.97 Å². The fourth-order valence-corrected chi connectivity index (χ4v) is 1.92. The van der Waals surface area contributed by atoms with E-state index in [0.717, 1.165) is 17.4 Å². The Hall–Kier alpha value is -2.48. The van der Waals surface area contributed by atoms with Gasteiger partial charge in [-0.25, -0.2) is 9.89 Å². The van der Waals surface area contributed by atoms with Gasteiger partial charge in [-0.15, -0.1) is 11.3 Å². The molecule has 0 atom stereocenters. The van der Waals surface area contributed by atoms with Crippen LogP contribution in [0.5, 0.6) is 0 Å². The van der Waals surface area contributed by atoms with Crippen LogP contribution in [-0.4, -0.2) is 27.2 Å². The molecule has 0 aliphatic carbocycles. The molecule has 3 N–H and O–H groups in total. The zero-order valence-corrected chi connectivity index (χ0v) is 9.65. The number of hydrogen-bond donors (Lipinski definition) is 3. The third-order valence-electron chi connectivity index (χ3n) is 2.02. The molecule has 7 nitrogen and oxygen atoms in total. The number of carboxylic acids is 1. The van der Waals surface area contributed by atoms with Gasteiger partial charge in [0.05, 0.1) is 5.69 Å². The molecule has 0 bridgehead atoms.